The summed E-state index contributed by atoms with van der Waals surface area (Å²) in [5.74, 6) is 1.11. The first-order chi connectivity index (χ1) is 7.88. The maximum atomic E-state index is 8.92. The molecule has 0 aromatic heterocycles. The van der Waals surface area contributed by atoms with Crippen molar-refractivity contribution in [3.63, 3.8) is 0 Å². The van der Waals surface area contributed by atoms with E-state index in [1.807, 2.05) is 23.9 Å². The largest absolute Gasteiger partial charge is 0.392 e. The summed E-state index contributed by atoms with van der Waals surface area (Å²) < 4.78 is 5.58. The molecule has 1 fully saturated rings. The minimum Gasteiger partial charge on any atom is -0.392 e. The van der Waals surface area contributed by atoms with Crippen molar-refractivity contribution in [3.05, 3.63) is 29.8 Å². The molecule has 0 spiro atoms. The summed E-state index contributed by atoms with van der Waals surface area (Å²) in [7, 11) is 0. The van der Waals surface area contributed by atoms with Crippen LogP contribution in [0.25, 0.3) is 0 Å². The van der Waals surface area contributed by atoms with Crippen molar-refractivity contribution in [1.82, 2.24) is 0 Å². The SMILES string of the molecule is OCc1ccc(SCCC2CCCO2)cc1. The predicted octanol–water partition coefficient (Wildman–Crippen LogP) is 2.84. The Morgan fingerprint density at radius 3 is 2.75 bits per heavy atom. The Labute approximate surface area is 101 Å². The normalized spacial score (nSPS) is 20.2. The van der Waals surface area contributed by atoms with E-state index in [-0.39, 0.29) is 6.61 Å². The maximum absolute atomic E-state index is 8.92. The molecule has 0 saturated carbocycles. The van der Waals surface area contributed by atoms with E-state index in [0.29, 0.717) is 6.10 Å². The molecule has 2 rings (SSSR count). The zero-order valence-electron chi connectivity index (χ0n) is 9.39. The zero-order chi connectivity index (χ0) is 11.2. The molecule has 16 heavy (non-hydrogen) atoms. The van der Waals surface area contributed by atoms with Crippen molar-refractivity contribution in [1.29, 1.82) is 0 Å². The van der Waals surface area contributed by atoms with Crippen LogP contribution in [0, 0.1) is 0 Å². The molecular weight excluding hydrogens is 220 g/mol. The predicted molar refractivity (Wildman–Crippen MR) is 66.7 cm³/mol. The Hall–Kier alpha value is -0.510. The second-order valence-corrected chi connectivity index (χ2v) is 5.24. The summed E-state index contributed by atoms with van der Waals surface area (Å²) >= 11 is 1.86. The first-order valence-corrected chi connectivity index (χ1v) is 6.81. The highest BCUT2D eigenvalue weighted by Gasteiger charge is 2.14. The molecule has 0 amide bonds. The summed E-state index contributed by atoms with van der Waals surface area (Å²) in [5, 5.41) is 8.92. The Balaban J connectivity index is 1.71. The van der Waals surface area contributed by atoms with E-state index in [4.69, 9.17) is 9.84 Å². The van der Waals surface area contributed by atoms with E-state index in [1.165, 1.54) is 17.7 Å². The highest BCUT2D eigenvalue weighted by atomic mass is 32.2. The van der Waals surface area contributed by atoms with Crippen LogP contribution in [0.4, 0.5) is 0 Å². The molecule has 1 aromatic carbocycles. The lowest BCUT2D eigenvalue weighted by Gasteiger charge is -2.08. The van der Waals surface area contributed by atoms with Gasteiger partial charge in [0.1, 0.15) is 0 Å². The van der Waals surface area contributed by atoms with Gasteiger partial charge in [-0.2, -0.15) is 0 Å². The number of ether oxygens (including phenoxy) is 1. The van der Waals surface area contributed by atoms with Crippen LogP contribution < -0.4 is 0 Å². The molecule has 1 unspecified atom stereocenters. The standard InChI is InChI=1S/C13H18O2S/c14-10-11-3-5-13(6-4-11)16-9-7-12-2-1-8-15-12/h3-6,12,14H,1-2,7-10H2. The third-order valence-corrected chi connectivity index (χ3v) is 3.88. The quantitative estimate of drug-likeness (QED) is 0.800. The van der Waals surface area contributed by atoms with E-state index in [9.17, 15) is 0 Å². The molecule has 1 N–H and O–H groups in total. The monoisotopic (exact) mass is 238 g/mol. The maximum Gasteiger partial charge on any atom is 0.0681 e. The number of hydrogen-bond acceptors (Lipinski definition) is 3. The molecule has 1 aromatic rings. The second-order valence-electron chi connectivity index (χ2n) is 4.07. The molecule has 0 aliphatic carbocycles. The average Bonchev–Trinajstić information content (AvgIpc) is 2.83. The number of hydrogen-bond donors (Lipinski definition) is 1. The molecule has 88 valence electrons. The molecule has 2 nitrogen and oxygen atoms in total. The highest BCUT2D eigenvalue weighted by Crippen LogP contribution is 2.23. The summed E-state index contributed by atoms with van der Waals surface area (Å²) in [4.78, 5) is 1.27. The average molecular weight is 238 g/mol. The molecule has 1 atom stereocenters. The number of aliphatic hydroxyl groups excluding tert-OH is 1. The van der Waals surface area contributed by atoms with Crippen LogP contribution in [0.2, 0.25) is 0 Å². The third-order valence-electron chi connectivity index (χ3n) is 2.84. The summed E-state index contributed by atoms with van der Waals surface area (Å²) in [6.45, 7) is 1.07. The summed E-state index contributed by atoms with van der Waals surface area (Å²) in [6.07, 6.45) is 4.08. The summed E-state index contributed by atoms with van der Waals surface area (Å²) in [6, 6.07) is 8.11. The molecule has 0 bridgehead atoms. The van der Waals surface area contributed by atoms with Gasteiger partial charge in [0.2, 0.25) is 0 Å². The van der Waals surface area contributed by atoms with Gasteiger partial charge in [0.15, 0.2) is 0 Å². The van der Waals surface area contributed by atoms with Gasteiger partial charge in [0.05, 0.1) is 12.7 Å². The molecule has 1 aliphatic rings. The number of thioether (sulfide) groups is 1. The molecular formula is C13H18O2S. The van der Waals surface area contributed by atoms with E-state index >= 15 is 0 Å². The van der Waals surface area contributed by atoms with Crippen LogP contribution in [0.5, 0.6) is 0 Å². The van der Waals surface area contributed by atoms with Crippen molar-refractivity contribution in [2.45, 2.75) is 36.9 Å². The van der Waals surface area contributed by atoms with Gasteiger partial charge in [0, 0.05) is 17.3 Å². The fraction of sp³-hybridized carbons (Fsp3) is 0.538. The van der Waals surface area contributed by atoms with Crippen LogP contribution in [-0.2, 0) is 11.3 Å². The number of benzene rings is 1. The third kappa shape index (κ3) is 3.51. The van der Waals surface area contributed by atoms with Gasteiger partial charge >= 0.3 is 0 Å². The minimum absolute atomic E-state index is 0.126. The first kappa shape index (κ1) is 12.0. The fourth-order valence-electron chi connectivity index (χ4n) is 1.87. The topological polar surface area (TPSA) is 29.5 Å². The highest BCUT2D eigenvalue weighted by molar-refractivity contribution is 7.99. The first-order valence-electron chi connectivity index (χ1n) is 5.82. The van der Waals surface area contributed by atoms with Crippen molar-refractivity contribution >= 4 is 11.8 Å². The van der Waals surface area contributed by atoms with E-state index < -0.39 is 0 Å². The van der Waals surface area contributed by atoms with Gasteiger partial charge in [-0.15, -0.1) is 11.8 Å². The van der Waals surface area contributed by atoms with Gasteiger partial charge in [-0.05, 0) is 37.0 Å². The number of rotatable bonds is 5. The van der Waals surface area contributed by atoms with Gasteiger partial charge in [-0.3, -0.25) is 0 Å². The van der Waals surface area contributed by atoms with Gasteiger partial charge in [-0.25, -0.2) is 0 Å². The fourth-order valence-corrected chi connectivity index (χ4v) is 2.82. The zero-order valence-corrected chi connectivity index (χ0v) is 10.2. The lowest BCUT2D eigenvalue weighted by Crippen LogP contribution is -2.05. The van der Waals surface area contributed by atoms with Gasteiger partial charge in [0.25, 0.3) is 0 Å². The minimum atomic E-state index is 0.126. The van der Waals surface area contributed by atoms with E-state index in [1.54, 1.807) is 0 Å². The van der Waals surface area contributed by atoms with Crippen LogP contribution in [0.3, 0.4) is 0 Å². The van der Waals surface area contributed by atoms with Crippen molar-refractivity contribution in [3.8, 4) is 0 Å². The van der Waals surface area contributed by atoms with Crippen LogP contribution in [0.1, 0.15) is 24.8 Å². The van der Waals surface area contributed by atoms with Crippen molar-refractivity contribution in [2.24, 2.45) is 0 Å². The van der Waals surface area contributed by atoms with E-state index in [0.717, 1.165) is 24.3 Å². The van der Waals surface area contributed by atoms with Gasteiger partial charge < -0.3 is 9.84 Å². The van der Waals surface area contributed by atoms with Crippen LogP contribution >= 0.6 is 11.8 Å². The Kier molecular flexibility index (Phi) is 4.69. The lowest BCUT2D eigenvalue weighted by atomic mass is 10.2. The van der Waals surface area contributed by atoms with Crippen LogP contribution in [-0.4, -0.2) is 23.6 Å². The second kappa shape index (κ2) is 6.28. The van der Waals surface area contributed by atoms with E-state index in [2.05, 4.69) is 12.1 Å². The summed E-state index contributed by atoms with van der Waals surface area (Å²) in [5.41, 5.74) is 0.975. The molecule has 0 radical (unpaired) electrons. The Bertz CT molecular complexity index is 304. The van der Waals surface area contributed by atoms with Gasteiger partial charge in [-0.1, -0.05) is 12.1 Å². The molecule has 3 heteroatoms. The van der Waals surface area contributed by atoms with Crippen molar-refractivity contribution in [2.75, 3.05) is 12.4 Å². The Morgan fingerprint density at radius 2 is 2.12 bits per heavy atom. The van der Waals surface area contributed by atoms with Crippen LogP contribution in [0.15, 0.2) is 29.2 Å². The molecule has 1 aliphatic heterocycles. The smallest absolute Gasteiger partial charge is 0.0681 e. The lowest BCUT2D eigenvalue weighted by molar-refractivity contribution is 0.109. The molecule has 1 saturated heterocycles. The van der Waals surface area contributed by atoms with Crippen molar-refractivity contribution < 1.29 is 9.84 Å². The number of aliphatic hydroxyl groups is 1. The molecule has 1 heterocycles. The Morgan fingerprint density at radius 1 is 1.31 bits per heavy atom.